The highest BCUT2D eigenvalue weighted by Crippen LogP contribution is 2.18. The number of carbonyl (C=O) groups is 2. The zero-order valence-electron chi connectivity index (χ0n) is 13.6. The summed E-state index contributed by atoms with van der Waals surface area (Å²) in [6, 6.07) is 7.27. The zero-order chi connectivity index (χ0) is 16.5. The first kappa shape index (κ1) is 17.4. The lowest BCUT2D eigenvalue weighted by atomic mass is 10.1. The number of benzene rings is 1. The third-order valence-electron chi connectivity index (χ3n) is 3.89. The molecule has 0 radical (unpaired) electrons. The predicted octanol–water partition coefficient (Wildman–Crippen LogP) is 1.53. The van der Waals surface area contributed by atoms with Crippen LogP contribution in [0.3, 0.4) is 0 Å². The maximum Gasteiger partial charge on any atom is 0.251 e. The number of rotatable bonds is 8. The fourth-order valence-corrected chi connectivity index (χ4v) is 2.63. The standard InChI is InChI=1S/C17H25N3O3/c1-23-11-10-18-12-16(21)19-15-8-6-13(7-9-15)17(22)20-14-4-2-3-5-14/h6-9,14,18H,2-5,10-12H2,1H3,(H,19,21)(H,20,22). The Balaban J connectivity index is 1.77. The monoisotopic (exact) mass is 319 g/mol. The highest BCUT2D eigenvalue weighted by molar-refractivity contribution is 5.96. The molecule has 2 rings (SSSR count). The summed E-state index contributed by atoms with van der Waals surface area (Å²) in [6.07, 6.45) is 4.51. The Bertz CT molecular complexity index is 510. The van der Waals surface area contributed by atoms with Crippen molar-refractivity contribution < 1.29 is 14.3 Å². The van der Waals surface area contributed by atoms with Crippen LogP contribution in [0.4, 0.5) is 5.69 Å². The van der Waals surface area contributed by atoms with E-state index in [2.05, 4.69) is 16.0 Å². The average molecular weight is 319 g/mol. The Kier molecular flexibility index (Phi) is 7.03. The summed E-state index contributed by atoms with van der Waals surface area (Å²) >= 11 is 0. The SMILES string of the molecule is COCCNCC(=O)Nc1ccc(C(=O)NC2CCCC2)cc1. The number of methoxy groups -OCH3 is 1. The summed E-state index contributed by atoms with van der Waals surface area (Å²) < 4.78 is 4.89. The van der Waals surface area contributed by atoms with Crippen LogP contribution in [0, 0.1) is 0 Å². The maximum atomic E-state index is 12.1. The first-order valence-electron chi connectivity index (χ1n) is 8.09. The lowest BCUT2D eigenvalue weighted by Crippen LogP contribution is -2.32. The summed E-state index contributed by atoms with van der Waals surface area (Å²) in [6.45, 7) is 1.43. The molecule has 6 nitrogen and oxygen atoms in total. The van der Waals surface area contributed by atoms with Crippen molar-refractivity contribution in [2.24, 2.45) is 0 Å². The van der Waals surface area contributed by atoms with Gasteiger partial charge in [0.05, 0.1) is 13.2 Å². The van der Waals surface area contributed by atoms with Crippen molar-refractivity contribution in [3.05, 3.63) is 29.8 Å². The van der Waals surface area contributed by atoms with Crippen LogP contribution < -0.4 is 16.0 Å². The van der Waals surface area contributed by atoms with E-state index in [0.29, 0.717) is 30.4 Å². The highest BCUT2D eigenvalue weighted by Gasteiger charge is 2.17. The molecule has 0 heterocycles. The van der Waals surface area contributed by atoms with Gasteiger partial charge in [-0.3, -0.25) is 9.59 Å². The molecule has 0 spiro atoms. The van der Waals surface area contributed by atoms with Gasteiger partial charge in [-0.2, -0.15) is 0 Å². The van der Waals surface area contributed by atoms with Crippen molar-refractivity contribution in [1.29, 1.82) is 0 Å². The van der Waals surface area contributed by atoms with Gasteiger partial charge in [-0.25, -0.2) is 0 Å². The fraction of sp³-hybridized carbons (Fsp3) is 0.529. The minimum absolute atomic E-state index is 0.0454. The van der Waals surface area contributed by atoms with Crippen LogP contribution in [0.15, 0.2) is 24.3 Å². The van der Waals surface area contributed by atoms with Crippen LogP contribution in [0.2, 0.25) is 0 Å². The smallest absolute Gasteiger partial charge is 0.251 e. The molecule has 0 aliphatic heterocycles. The molecule has 0 aromatic heterocycles. The second kappa shape index (κ2) is 9.27. The fourth-order valence-electron chi connectivity index (χ4n) is 2.63. The number of nitrogens with one attached hydrogen (secondary N) is 3. The second-order valence-electron chi connectivity index (χ2n) is 5.75. The second-order valence-corrected chi connectivity index (χ2v) is 5.75. The van der Waals surface area contributed by atoms with E-state index in [0.717, 1.165) is 12.8 Å². The van der Waals surface area contributed by atoms with E-state index < -0.39 is 0 Å². The van der Waals surface area contributed by atoms with Gasteiger partial charge in [-0.1, -0.05) is 12.8 Å². The molecule has 6 heteroatoms. The molecule has 3 N–H and O–H groups in total. The molecule has 0 unspecified atom stereocenters. The Hall–Kier alpha value is -1.92. The molecule has 1 aromatic rings. The lowest BCUT2D eigenvalue weighted by Gasteiger charge is -2.12. The van der Waals surface area contributed by atoms with Gasteiger partial charge in [0.1, 0.15) is 0 Å². The first-order valence-corrected chi connectivity index (χ1v) is 8.09. The third-order valence-corrected chi connectivity index (χ3v) is 3.89. The molecular weight excluding hydrogens is 294 g/mol. The number of hydrogen-bond donors (Lipinski definition) is 3. The van der Waals surface area contributed by atoms with Crippen LogP contribution in [-0.2, 0) is 9.53 Å². The van der Waals surface area contributed by atoms with Crippen molar-refractivity contribution in [3.63, 3.8) is 0 Å². The van der Waals surface area contributed by atoms with E-state index in [4.69, 9.17) is 4.74 Å². The largest absolute Gasteiger partial charge is 0.383 e. The molecule has 126 valence electrons. The Morgan fingerprint density at radius 1 is 1.17 bits per heavy atom. The van der Waals surface area contributed by atoms with Gasteiger partial charge in [0.2, 0.25) is 5.91 Å². The molecule has 23 heavy (non-hydrogen) atoms. The van der Waals surface area contributed by atoms with E-state index >= 15 is 0 Å². The normalized spacial score (nSPS) is 14.7. The molecule has 1 aromatic carbocycles. The molecule has 1 aliphatic rings. The molecular formula is C17H25N3O3. The third kappa shape index (κ3) is 6.00. The number of anilines is 1. The minimum Gasteiger partial charge on any atom is -0.383 e. The summed E-state index contributed by atoms with van der Waals surface area (Å²) in [5, 5.41) is 8.81. The molecule has 0 atom stereocenters. The van der Waals surface area contributed by atoms with Gasteiger partial charge >= 0.3 is 0 Å². The maximum absolute atomic E-state index is 12.1. The van der Waals surface area contributed by atoms with Gasteiger partial charge in [0.15, 0.2) is 0 Å². The average Bonchev–Trinajstić information content (AvgIpc) is 3.05. The van der Waals surface area contributed by atoms with E-state index in [-0.39, 0.29) is 18.4 Å². The van der Waals surface area contributed by atoms with E-state index in [1.165, 1.54) is 12.8 Å². The van der Waals surface area contributed by atoms with Crippen LogP contribution in [0.1, 0.15) is 36.0 Å². The van der Waals surface area contributed by atoms with Gasteiger partial charge in [0.25, 0.3) is 5.91 Å². The molecule has 1 saturated carbocycles. The summed E-state index contributed by atoms with van der Waals surface area (Å²) in [4.78, 5) is 23.8. The summed E-state index contributed by atoms with van der Waals surface area (Å²) in [5.41, 5.74) is 1.30. The zero-order valence-corrected chi connectivity index (χ0v) is 13.6. The summed E-state index contributed by atoms with van der Waals surface area (Å²) in [5.74, 6) is -0.166. The van der Waals surface area contributed by atoms with Crippen LogP contribution in [0.5, 0.6) is 0 Å². The Labute approximate surface area is 137 Å². The van der Waals surface area contributed by atoms with E-state index in [9.17, 15) is 9.59 Å². The highest BCUT2D eigenvalue weighted by atomic mass is 16.5. The number of hydrogen-bond acceptors (Lipinski definition) is 4. The number of ether oxygens (including phenoxy) is 1. The number of amides is 2. The quantitative estimate of drug-likeness (QED) is 0.635. The van der Waals surface area contributed by atoms with Crippen molar-refractivity contribution in [3.8, 4) is 0 Å². The van der Waals surface area contributed by atoms with Crippen molar-refractivity contribution in [2.45, 2.75) is 31.7 Å². The number of carbonyl (C=O) groups excluding carboxylic acids is 2. The molecule has 2 amide bonds. The van der Waals surface area contributed by atoms with Crippen molar-refractivity contribution in [2.75, 3.05) is 32.1 Å². The van der Waals surface area contributed by atoms with Crippen molar-refractivity contribution in [1.82, 2.24) is 10.6 Å². The van der Waals surface area contributed by atoms with E-state index in [1.807, 2.05) is 0 Å². The molecule has 0 saturated heterocycles. The topological polar surface area (TPSA) is 79.5 Å². The lowest BCUT2D eigenvalue weighted by molar-refractivity contribution is -0.115. The molecule has 1 aliphatic carbocycles. The van der Waals surface area contributed by atoms with Gasteiger partial charge in [0, 0.05) is 30.9 Å². The van der Waals surface area contributed by atoms with E-state index in [1.54, 1.807) is 31.4 Å². The molecule has 0 bridgehead atoms. The predicted molar refractivity (Wildman–Crippen MR) is 89.5 cm³/mol. The Morgan fingerprint density at radius 3 is 2.52 bits per heavy atom. The van der Waals surface area contributed by atoms with Crippen LogP contribution in [-0.4, -0.2) is 44.7 Å². The minimum atomic E-state index is -0.121. The van der Waals surface area contributed by atoms with Gasteiger partial charge in [-0.05, 0) is 37.1 Å². The van der Waals surface area contributed by atoms with Crippen LogP contribution >= 0.6 is 0 Å². The van der Waals surface area contributed by atoms with Crippen LogP contribution in [0.25, 0.3) is 0 Å². The van der Waals surface area contributed by atoms with Gasteiger partial charge < -0.3 is 20.7 Å². The Morgan fingerprint density at radius 2 is 1.87 bits per heavy atom. The van der Waals surface area contributed by atoms with Gasteiger partial charge in [-0.15, -0.1) is 0 Å². The molecule has 1 fully saturated rings. The first-order chi connectivity index (χ1) is 11.2. The summed E-state index contributed by atoms with van der Waals surface area (Å²) in [7, 11) is 1.62. The van der Waals surface area contributed by atoms with Crippen molar-refractivity contribution >= 4 is 17.5 Å².